The number of ether oxygens (including phenoxy) is 1. The van der Waals surface area contributed by atoms with Crippen LogP contribution in [0.1, 0.15) is 56.2 Å². The number of halogens is 3. The van der Waals surface area contributed by atoms with Gasteiger partial charge in [-0.25, -0.2) is 0 Å². The van der Waals surface area contributed by atoms with Gasteiger partial charge in [0.25, 0.3) is 5.91 Å². The van der Waals surface area contributed by atoms with Gasteiger partial charge in [-0.2, -0.15) is 18.3 Å². The van der Waals surface area contributed by atoms with Crippen LogP contribution >= 0.6 is 0 Å². The van der Waals surface area contributed by atoms with Crippen LogP contribution in [-0.2, 0) is 12.6 Å². The Hall–Kier alpha value is -4.28. The summed E-state index contributed by atoms with van der Waals surface area (Å²) in [5, 5.41) is 4.31. The Labute approximate surface area is 204 Å². The average molecular weight is 500 g/mol. The number of carbonyl (C=O) groups is 2. The molecule has 8 nitrogen and oxygen atoms in total. The quantitative estimate of drug-likeness (QED) is 0.435. The number of rotatable bonds is 5. The predicted octanol–water partition coefficient (Wildman–Crippen LogP) is 4.84. The van der Waals surface area contributed by atoms with Crippen LogP contribution in [0, 0.1) is 6.92 Å². The summed E-state index contributed by atoms with van der Waals surface area (Å²) in [6.07, 6.45) is -2.65. The summed E-state index contributed by atoms with van der Waals surface area (Å²) in [6, 6.07) is 11.1. The number of hydrogen-bond acceptors (Lipinski definition) is 6. The molecule has 0 atom stereocenters. The first-order chi connectivity index (χ1) is 17.2. The van der Waals surface area contributed by atoms with Crippen molar-refractivity contribution in [2.24, 2.45) is 5.10 Å². The molecule has 4 rings (SSSR count). The molecule has 0 saturated heterocycles. The van der Waals surface area contributed by atoms with Crippen molar-refractivity contribution in [1.82, 2.24) is 10.9 Å². The Morgan fingerprint density at radius 1 is 1.03 bits per heavy atom. The molecular weight excluding hydrogens is 477 g/mol. The second kappa shape index (κ2) is 10.1. The highest BCUT2D eigenvalue weighted by molar-refractivity contribution is 6.07. The maximum Gasteiger partial charge on any atom is 0.416 e. The number of hydrogen-bond donors (Lipinski definition) is 3. The molecule has 0 saturated carbocycles. The molecule has 0 radical (unpaired) electrons. The lowest BCUT2D eigenvalue weighted by Gasteiger charge is -2.14. The van der Waals surface area contributed by atoms with E-state index in [4.69, 9.17) is 9.15 Å². The highest BCUT2D eigenvalue weighted by atomic mass is 19.4. The van der Waals surface area contributed by atoms with Crippen molar-refractivity contribution in [3.8, 4) is 5.75 Å². The number of benzene rings is 2. The minimum absolute atomic E-state index is 0.0173. The van der Waals surface area contributed by atoms with Gasteiger partial charge in [-0.1, -0.05) is 6.07 Å². The van der Waals surface area contributed by atoms with E-state index < -0.39 is 23.6 Å². The molecule has 1 aromatic heterocycles. The molecular formula is C25H23F3N4O4. The van der Waals surface area contributed by atoms with E-state index in [0.717, 1.165) is 12.1 Å². The zero-order chi connectivity index (χ0) is 25.9. The van der Waals surface area contributed by atoms with E-state index in [1.165, 1.54) is 19.2 Å². The number of hydrazone groups is 1. The van der Waals surface area contributed by atoms with Gasteiger partial charge in [0.05, 0.1) is 24.1 Å². The summed E-state index contributed by atoms with van der Waals surface area (Å²) in [5.74, 6) is -0.00692. The van der Waals surface area contributed by atoms with Crippen LogP contribution in [0.25, 0.3) is 0 Å². The number of nitrogens with one attached hydrogen (secondary N) is 3. The third-order valence-corrected chi connectivity index (χ3v) is 5.68. The molecule has 2 aromatic carbocycles. The van der Waals surface area contributed by atoms with Crippen molar-refractivity contribution >= 4 is 23.2 Å². The number of amides is 2. The van der Waals surface area contributed by atoms with Gasteiger partial charge in [0, 0.05) is 23.1 Å². The maximum absolute atomic E-state index is 13.0. The molecule has 0 bridgehead atoms. The first-order valence-electron chi connectivity index (χ1n) is 11.0. The van der Waals surface area contributed by atoms with Gasteiger partial charge in [0.15, 0.2) is 5.76 Å². The van der Waals surface area contributed by atoms with E-state index in [9.17, 15) is 22.8 Å². The molecule has 0 unspecified atom stereocenters. The number of nitrogens with zero attached hydrogens (tertiary/aromatic N) is 1. The van der Waals surface area contributed by atoms with Gasteiger partial charge in [-0.05, 0) is 62.2 Å². The average Bonchev–Trinajstić information content (AvgIpc) is 3.22. The lowest BCUT2D eigenvalue weighted by molar-refractivity contribution is -0.137. The topological polar surface area (TPSA) is 105 Å². The lowest BCUT2D eigenvalue weighted by atomic mass is 9.93. The van der Waals surface area contributed by atoms with Crippen molar-refractivity contribution in [3.63, 3.8) is 0 Å². The monoisotopic (exact) mass is 500 g/mol. The zero-order valence-corrected chi connectivity index (χ0v) is 19.5. The number of anilines is 1. The Bertz CT molecular complexity index is 1310. The van der Waals surface area contributed by atoms with Crippen molar-refractivity contribution in [1.29, 1.82) is 0 Å². The van der Waals surface area contributed by atoms with Crippen molar-refractivity contribution in [3.05, 3.63) is 82.3 Å². The van der Waals surface area contributed by atoms with Crippen LogP contribution < -0.4 is 21.0 Å². The molecule has 1 heterocycles. The van der Waals surface area contributed by atoms with Crippen LogP contribution in [0.5, 0.6) is 5.75 Å². The van der Waals surface area contributed by atoms with Crippen LogP contribution in [0.3, 0.4) is 0 Å². The summed E-state index contributed by atoms with van der Waals surface area (Å²) in [5.41, 5.74) is 8.80. The second-order valence-electron chi connectivity index (χ2n) is 8.09. The number of furan rings is 1. The Balaban J connectivity index is 1.48. The highest BCUT2D eigenvalue weighted by Gasteiger charge is 2.31. The molecule has 0 fully saturated rings. The Morgan fingerprint density at radius 3 is 2.44 bits per heavy atom. The number of alkyl halides is 3. The minimum Gasteiger partial charge on any atom is -0.497 e. The molecule has 2 amide bonds. The largest absolute Gasteiger partial charge is 0.497 e. The standard InChI is InChI=1S/C25H23F3N4O4/c1-14-21-19(30-29-17-6-3-5-16(13-17)25(26,27)28)7-4-8-20(21)36-22(14)24(34)32-31-23(33)15-9-11-18(35-2)12-10-15/h3,5-6,9-13,29H,4,7-8H2,1-2H3,(H,31,33)(H,32,34)/b30-19+. The summed E-state index contributed by atoms with van der Waals surface area (Å²) < 4.78 is 49.8. The lowest BCUT2D eigenvalue weighted by Crippen LogP contribution is -2.41. The van der Waals surface area contributed by atoms with Gasteiger partial charge in [-0.3, -0.25) is 25.9 Å². The third-order valence-electron chi connectivity index (χ3n) is 5.68. The molecule has 0 spiro atoms. The highest BCUT2D eigenvalue weighted by Crippen LogP contribution is 2.32. The van der Waals surface area contributed by atoms with Crippen molar-refractivity contribution in [2.45, 2.75) is 32.4 Å². The van der Waals surface area contributed by atoms with Crippen LogP contribution in [0.4, 0.5) is 18.9 Å². The third kappa shape index (κ3) is 5.35. The summed E-state index contributed by atoms with van der Waals surface area (Å²) >= 11 is 0. The molecule has 1 aliphatic rings. The molecule has 0 aliphatic heterocycles. The normalized spacial score (nSPS) is 14.2. The SMILES string of the molecule is COc1ccc(C(=O)NNC(=O)c2oc3c(c2C)/C(=N/Nc2cccc(C(F)(F)F)c2)CCC3)cc1. The predicted molar refractivity (Wildman–Crippen MR) is 126 cm³/mol. The zero-order valence-electron chi connectivity index (χ0n) is 19.5. The second-order valence-corrected chi connectivity index (χ2v) is 8.09. The van der Waals surface area contributed by atoms with Crippen LogP contribution in [0.2, 0.25) is 0 Å². The van der Waals surface area contributed by atoms with Crippen molar-refractivity contribution in [2.75, 3.05) is 12.5 Å². The van der Waals surface area contributed by atoms with E-state index >= 15 is 0 Å². The fraction of sp³-hybridized carbons (Fsp3) is 0.240. The first kappa shape index (κ1) is 24.8. The number of hydrazine groups is 1. The van der Waals surface area contributed by atoms with E-state index in [2.05, 4.69) is 21.4 Å². The van der Waals surface area contributed by atoms with Gasteiger partial charge in [0.1, 0.15) is 11.5 Å². The number of aryl methyl sites for hydroxylation is 1. The Kier molecular flexibility index (Phi) is 7.00. The molecule has 188 valence electrons. The summed E-state index contributed by atoms with van der Waals surface area (Å²) in [7, 11) is 1.51. The fourth-order valence-electron chi connectivity index (χ4n) is 3.88. The molecule has 1 aliphatic carbocycles. The minimum atomic E-state index is -4.46. The number of carbonyl (C=O) groups excluding carboxylic acids is 2. The molecule has 11 heteroatoms. The number of methoxy groups -OCH3 is 1. The first-order valence-corrected chi connectivity index (χ1v) is 11.0. The molecule has 3 N–H and O–H groups in total. The molecule has 3 aromatic rings. The van der Waals surface area contributed by atoms with Gasteiger partial charge in [0.2, 0.25) is 0 Å². The van der Waals surface area contributed by atoms with Gasteiger partial charge >= 0.3 is 12.1 Å². The van der Waals surface area contributed by atoms with E-state index in [-0.39, 0.29) is 11.4 Å². The van der Waals surface area contributed by atoms with E-state index in [0.29, 0.717) is 53.2 Å². The van der Waals surface area contributed by atoms with E-state index in [1.54, 1.807) is 31.2 Å². The fourth-order valence-corrected chi connectivity index (χ4v) is 3.88. The molecule has 36 heavy (non-hydrogen) atoms. The number of fused-ring (bicyclic) bond motifs is 1. The van der Waals surface area contributed by atoms with E-state index in [1.807, 2.05) is 0 Å². The summed E-state index contributed by atoms with van der Waals surface area (Å²) in [6.45, 7) is 1.69. The van der Waals surface area contributed by atoms with Crippen molar-refractivity contribution < 1.29 is 31.9 Å². The van der Waals surface area contributed by atoms with Crippen LogP contribution in [-0.4, -0.2) is 24.6 Å². The van der Waals surface area contributed by atoms with Gasteiger partial charge in [-0.15, -0.1) is 0 Å². The maximum atomic E-state index is 13.0. The summed E-state index contributed by atoms with van der Waals surface area (Å²) in [4.78, 5) is 25.1. The van der Waals surface area contributed by atoms with Crippen LogP contribution in [0.15, 0.2) is 58.0 Å². The van der Waals surface area contributed by atoms with Gasteiger partial charge < -0.3 is 9.15 Å². The Morgan fingerprint density at radius 2 is 1.75 bits per heavy atom. The smallest absolute Gasteiger partial charge is 0.416 e.